The summed E-state index contributed by atoms with van der Waals surface area (Å²) in [6.07, 6.45) is 4.83. The molecule has 0 saturated carbocycles. The zero-order chi connectivity index (χ0) is 17.5. The quantitative estimate of drug-likeness (QED) is 0.771. The summed E-state index contributed by atoms with van der Waals surface area (Å²) in [5, 5.41) is 6.29. The number of likely N-dealkylation sites (tertiary alicyclic amines) is 1. The molecular weight excluding hydrogens is 328 g/mol. The highest BCUT2D eigenvalue weighted by molar-refractivity contribution is 6.33. The number of piperidine rings is 1. The van der Waals surface area contributed by atoms with Crippen molar-refractivity contribution in [3.8, 4) is 0 Å². The molecule has 2 N–H and O–H groups in total. The van der Waals surface area contributed by atoms with E-state index < -0.39 is 0 Å². The molecule has 2 rings (SSSR count). The van der Waals surface area contributed by atoms with Crippen molar-refractivity contribution in [2.24, 2.45) is 5.92 Å². The fourth-order valence-electron chi connectivity index (χ4n) is 2.54. The maximum atomic E-state index is 12.4. The number of hydrogen-bond acceptors (Lipinski definition) is 4. The number of hydrogen-bond donors (Lipinski definition) is 2. The summed E-state index contributed by atoms with van der Waals surface area (Å²) < 4.78 is 0. The third-order valence-corrected chi connectivity index (χ3v) is 4.26. The van der Waals surface area contributed by atoms with Gasteiger partial charge in [-0.25, -0.2) is 4.98 Å². The van der Waals surface area contributed by atoms with Gasteiger partial charge < -0.3 is 15.5 Å². The second-order valence-electron chi connectivity index (χ2n) is 6.28. The summed E-state index contributed by atoms with van der Waals surface area (Å²) in [4.78, 5) is 30.0. The summed E-state index contributed by atoms with van der Waals surface area (Å²) in [5.74, 6) is 0.482. The minimum absolute atomic E-state index is 0.0123. The summed E-state index contributed by atoms with van der Waals surface area (Å²) in [6.45, 7) is 6.30. The number of amides is 2. The standard InChI is InChI=1S/C17H25ClN4O2/c1-12(2)16(23)20-7-6-19-15-14(18)10-13(11-21-15)17(24)22-8-4-3-5-9-22/h10-12H,3-9H2,1-2H3,(H,19,21)(H,20,23). The van der Waals surface area contributed by atoms with Gasteiger partial charge in [-0.1, -0.05) is 25.4 Å². The normalized spacial score (nSPS) is 14.6. The van der Waals surface area contributed by atoms with Gasteiger partial charge >= 0.3 is 0 Å². The average molecular weight is 353 g/mol. The largest absolute Gasteiger partial charge is 0.367 e. The molecule has 1 aliphatic heterocycles. The molecule has 6 nitrogen and oxygen atoms in total. The van der Waals surface area contributed by atoms with Gasteiger partial charge in [-0.05, 0) is 25.3 Å². The number of carbonyl (C=O) groups excluding carboxylic acids is 2. The number of halogens is 1. The molecule has 1 aromatic rings. The Morgan fingerprint density at radius 1 is 1.25 bits per heavy atom. The van der Waals surface area contributed by atoms with Crippen LogP contribution in [0.4, 0.5) is 5.82 Å². The first kappa shape index (κ1) is 18.5. The first-order chi connectivity index (χ1) is 11.5. The number of carbonyl (C=O) groups is 2. The van der Waals surface area contributed by atoms with E-state index in [-0.39, 0.29) is 17.7 Å². The van der Waals surface area contributed by atoms with Crippen LogP contribution in [0, 0.1) is 5.92 Å². The van der Waals surface area contributed by atoms with Crippen molar-refractivity contribution >= 4 is 29.2 Å². The fraction of sp³-hybridized carbons (Fsp3) is 0.588. The molecule has 1 fully saturated rings. The zero-order valence-electron chi connectivity index (χ0n) is 14.3. The molecule has 1 aliphatic rings. The number of rotatable bonds is 6. The highest BCUT2D eigenvalue weighted by atomic mass is 35.5. The lowest BCUT2D eigenvalue weighted by Crippen LogP contribution is -2.35. The van der Waals surface area contributed by atoms with E-state index in [9.17, 15) is 9.59 Å². The number of aromatic nitrogens is 1. The van der Waals surface area contributed by atoms with E-state index in [2.05, 4.69) is 15.6 Å². The van der Waals surface area contributed by atoms with Crippen molar-refractivity contribution in [2.75, 3.05) is 31.5 Å². The first-order valence-corrected chi connectivity index (χ1v) is 8.83. The van der Waals surface area contributed by atoms with Crippen molar-refractivity contribution in [3.63, 3.8) is 0 Å². The molecule has 0 bridgehead atoms. The van der Waals surface area contributed by atoms with Crippen molar-refractivity contribution in [2.45, 2.75) is 33.1 Å². The van der Waals surface area contributed by atoms with E-state index in [4.69, 9.17) is 11.6 Å². The molecule has 0 radical (unpaired) electrons. The van der Waals surface area contributed by atoms with Gasteiger partial charge in [0.25, 0.3) is 5.91 Å². The molecule has 2 heterocycles. The lowest BCUT2D eigenvalue weighted by molar-refractivity contribution is -0.123. The third kappa shape index (κ3) is 5.09. The lowest BCUT2D eigenvalue weighted by Gasteiger charge is -2.26. The topological polar surface area (TPSA) is 74.3 Å². The zero-order valence-corrected chi connectivity index (χ0v) is 15.0. The molecule has 0 atom stereocenters. The van der Waals surface area contributed by atoms with Gasteiger partial charge in [0, 0.05) is 38.3 Å². The summed E-state index contributed by atoms with van der Waals surface area (Å²) in [7, 11) is 0. The highest BCUT2D eigenvalue weighted by Gasteiger charge is 2.19. The Morgan fingerprint density at radius 3 is 2.58 bits per heavy atom. The van der Waals surface area contributed by atoms with Gasteiger partial charge in [-0.2, -0.15) is 0 Å². The SMILES string of the molecule is CC(C)C(=O)NCCNc1ncc(C(=O)N2CCCCC2)cc1Cl. The van der Waals surface area contributed by atoms with Crippen LogP contribution in [0.1, 0.15) is 43.5 Å². The van der Waals surface area contributed by atoms with Gasteiger partial charge in [0.15, 0.2) is 0 Å². The van der Waals surface area contributed by atoms with Crippen molar-refractivity contribution in [3.05, 3.63) is 22.8 Å². The van der Waals surface area contributed by atoms with Crippen LogP contribution in [-0.4, -0.2) is 47.9 Å². The summed E-state index contributed by atoms with van der Waals surface area (Å²) in [5.41, 5.74) is 0.514. The minimum atomic E-state index is -0.0354. The second-order valence-corrected chi connectivity index (χ2v) is 6.69. The lowest BCUT2D eigenvalue weighted by atomic mass is 10.1. The van der Waals surface area contributed by atoms with Crippen LogP contribution in [0.2, 0.25) is 5.02 Å². The number of pyridine rings is 1. The molecule has 24 heavy (non-hydrogen) atoms. The molecular formula is C17H25ClN4O2. The fourth-order valence-corrected chi connectivity index (χ4v) is 2.77. The number of nitrogens with one attached hydrogen (secondary N) is 2. The number of nitrogens with zero attached hydrogens (tertiary/aromatic N) is 2. The summed E-state index contributed by atoms with van der Waals surface area (Å²) in [6, 6.07) is 1.65. The smallest absolute Gasteiger partial charge is 0.255 e. The van der Waals surface area contributed by atoms with Crippen molar-refractivity contribution < 1.29 is 9.59 Å². The van der Waals surface area contributed by atoms with E-state index in [1.165, 1.54) is 6.42 Å². The Kier molecular flexibility index (Phi) is 6.85. The molecule has 2 amide bonds. The van der Waals surface area contributed by atoms with E-state index >= 15 is 0 Å². The summed E-state index contributed by atoms with van der Waals surface area (Å²) >= 11 is 6.22. The van der Waals surface area contributed by atoms with Gasteiger partial charge in [0.05, 0.1) is 10.6 Å². The van der Waals surface area contributed by atoms with Gasteiger partial charge in [-0.15, -0.1) is 0 Å². The van der Waals surface area contributed by atoms with Gasteiger partial charge in [0.2, 0.25) is 5.91 Å². The third-order valence-electron chi connectivity index (χ3n) is 3.97. The first-order valence-electron chi connectivity index (χ1n) is 8.45. The minimum Gasteiger partial charge on any atom is -0.367 e. The van der Waals surface area contributed by atoms with Crippen LogP contribution in [-0.2, 0) is 4.79 Å². The van der Waals surface area contributed by atoms with E-state index in [0.717, 1.165) is 25.9 Å². The van der Waals surface area contributed by atoms with E-state index in [0.29, 0.717) is 29.5 Å². The molecule has 132 valence electrons. The molecule has 0 spiro atoms. The molecule has 0 aliphatic carbocycles. The Morgan fingerprint density at radius 2 is 1.96 bits per heavy atom. The Labute approximate surface area is 148 Å². The monoisotopic (exact) mass is 352 g/mol. The predicted molar refractivity (Wildman–Crippen MR) is 95.3 cm³/mol. The Hall–Kier alpha value is -1.82. The van der Waals surface area contributed by atoms with Crippen LogP contribution in [0.3, 0.4) is 0 Å². The second kappa shape index (κ2) is 8.87. The van der Waals surface area contributed by atoms with Gasteiger partial charge in [0.1, 0.15) is 5.82 Å². The van der Waals surface area contributed by atoms with Crippen LogP contribution >= 0.6 is 11.6 Å². The Bertz CT molecular complexity index is 586. The molecule has 1 aromatic heterocycles. The van der Waals surface area contributed by atoms with Gasteiger partial charge in [-0.3, -0.25) is 9.59 Å². The van der Waals surface area contributed by atoms with E-state index in [1.807, 2.05) is 18.7 Å². The van der Waals surface area contributed by atoms with Crippen LogP contribution in [0.15, 0.2) is 12.3 Å². The van der Waals surface area contributed by atoms with Crippen molar-refractivity contribution in [1.82, 2.24) is 15.2 Å². The Balaban J connectivity index is 1.87. The van der Waals surface area contributed by atoms with Crippen LogP contribution < -0.4 is 10.6 Å². The maximum absolute atomic E-state index is 12.4. The molecule has 0 unspecified atom stereocenters. The van der Waals surface area contributed by atoms with Crippen molar-refractivity contribution in [1.29, 1.82) is 0 Å². The maximum Gasteiger partial charge on any atom is 0.255 e. The molecule has 1 saturated heterocycles. The predicted octanol–water partition coefficient (Wildman–Crippen LogP) is 2.55. The number of anilines is 1. The average Bonchev–Trinajstić information content (AvgIpc) is 2.59. The van der Waals surface area contributed by atoms with E-state index in [1.54, 1.807) is 12.3 Å². The van der Waals surface area contributed by atoms with Crippen LogP contribution in [0.5, 0.6) is 0 Å². The molecule has 7 heteroatoms. The molecule has 0 aromatic carbocycles. The highest BCUT2D eigenvalue weighted by Crippen LogP contribution is 2.21. The van der Waals surface area contributed by atoms with Crippen LogP contribution in [0.25, 0.3) is 0 Å².